The summed E-state index contributed by atoms with van der Waals surface area (Å²) in [5, 5.41) is 3.19. The van der Waals surface area contributed by atoms with Gasteiger partial charge in [-0.3, -0.25) is 4.79 Å². The number of rotatable bonds is 8. The fraction of sp³-hybridized carbons (Fsp3) is 0.533. The number of nitrogens with two attached hydrogens (primary N) is 1. The summed E-state index contributed by atoms with van der Waals surface area (Å²) in [6.07, 6.45) is 3.47. The van der Waals surface area contributed by atoms with E-state index >= 15 is 0 Å². The Hall–Kier alpha value is -1.42. The highest BCUT2D eigenvalue weighted by atomic mass is 19.1. The lowest BCUT2D eigenvalue weighted by atomic mass is 10.1. The van der Waals surface area contributed by atoms with E-state index in [0.717, 1.165) is 18.9 Å². The van der Waals surface area contributed by atoms with Crippen LogP contribution in [0.15, 0.2) is 18.2 Å². The van der Waals surface area contributed by atoms with Gasteiger partial charge in [-0.25, -0.2) is 4.39 Å². The van der Waals surface area contributed by atoms with Gasteiger partial charge < -0.3 is 11.1 Å². The molecule has 1 aromatic carbocycles. The molecule has 1 amide bonds. The maximum Gasteiger partial charge on any atom is 0.248 e. The topological polar surface area (TPSA) is 55.1 Å². The Labute approximate surface area is 114 Å². The zero-order valence-electron chi connectivity index (χ0n) is 11.7. The molecule has 0 spiro atoms. The van der Waals surface area contributed by atoms with Gasteiger partial charge in [0.2, 0.25) is 5.91 Å². The van der Waals surface area contributed by atoms with Crippen molar-refractivity contribution in [3.05, 3.63) is 35.1 Å². The minimum Gasteiger partial charge on any atom is -0.366 e. The molecule has 0 saturated carbocycles. The number of benzene rings is 1. The molecule has 0 heterocycles. The molecule has 3 nitrogen and oxygen atoms in total. The van der Waals surface area contributed by atoms with Crippen molar-refractivity contribution in [2.45, 2.75) is 39.7 Å². The third-order valence-corrected chi connectivity index (χ3v) is 3.03. The van der Waals surface area contributed by atoms with Gasteiger partial charge in [0.15, 0.2) is 0 Å². The molecule has 0 aliphatic carbocycles. The number of halogens is 1. The number of hydrogen-bond acceptors (Lipinski definition) is 2. The van der Waals surface area contributed by atoms with Crippen molar-refractivity contribution in [1.29, 1.82) is 0 Å². The number of primary amides is 1. The quantitative estimate of drug-likeness (QED) is 0.711. The van der Waals surface area contributed by atoms with Crippen molar-refractivity contribution in [3.63, 3.8) is 0 Å². The fourth-order valence-electron chi connectivity index (χ4n) is 1.89. The summed E-state index contributed by atoms with van der Waals surface area (Å²) in [5.41, 5.74) is 6.01. The van der Waals surface area contributed by atoms with Crippen molar-refractivity contribution in [2.24, 2.45) is 11.7 Å². The van der Waals surface area contributed by atoms with Crippen LogP contribution in [0.25, 0.3) is 0 Å². The van der Waals surface area contributed by atoms with Gasteiger partial charge >= 0.3 is 0 Å². The van der Waals surface area contributed by atoms with Crippen LogP contribution in [0.3, 0.4) is 0 Å². The molecule has 0 atom stereocenters. The Balaban J connectivity index is 2.36. The maximum atomic E-state index is 13.5. The van der Waals surface area contributed by atoms with Crippen LogP contribution in [-0.4, -0.2) is 12.5 Å². The van der Waals surface area contributed by atoms with Gasteiger partial charge in [0.25, 0.3) is 0 Å². The lowest BCUT2D eigenvalue weighted by molar-refractivity contribution is 0.1000. The van der Waals surface area contributed by atoms with Crippen LogP contribution < -0.4 is 11.1 Å². The first-order valence-corrected chi connectivity index (χ1v) is 6.79. The number of hydrogen-bond donors (Lipinski definition) is 2. The molecular formula is C15H23FN2O. The summed E-state index contributed by atoms with van der Waals surface area (Å²) in [4.78, 5) is 11.0. The number of carbonyl (C=O) groups is 1. The minimum absolute atomic E-state index is 0.306. The third kappa shape index (κ3) is 5.83. The molecular weight excluding hydrogens is 243 g/mol. The summed E-state index contributed by atoms with van der Waals surface area (Å²) in [5.74, 6) is -0.109. The van der Waals surface area contributed by atoms with Crippen LogP contribution in [0.4, 0.5) is 4.39 Å². The van der Waals surface area contributed by atoms with Crippen molar-refractivity contribution >= 4 is 5.91 Å². The molecule has 0 radical (unpaired) electrons. The monoisotopic (exact) mass is 266 g/mol. The van der Waals surface area contributed by atoms with Crippen LogP contribution in [0.2, 0.25) is 0 Å². The largest absolute Gasteiger partial charge is 0.366 e. The summed E-state index contributed by atoms with van der Waals surface area (Å²) in [6, 6.07) is 4.21. The van der Waals surface area contributed by atoms with Gasteiger partial charge in [0, 0.05) is 17.7 Å². The molecule has 1 aromatic rings. The first-order valence-electron chi connectivity index (χ1n) is 6.79. The number of amides is 1. The highest BCUT2D eigenvalue weighted by Gasteiger charge is 2.06. The van der Waals surface area contributed by atoms with Gasteiger partial charge in [-0.1, -0.05) is 26.7 Å². The molecule has 0 unspecified atom stereocenters. The summed E-state index contributed by atoms with van der Waals surface area (Å²) >= 11 is 0. The molecule has 0 bridgehead atoms. The van der Waals surface area contributed by atoms with Gasteiger partial charge in [-0.2, -0.15) is 0 Å². The van der Waals surface area contributed by atoms with E-state index in [1.54, 1.807) is 0 Å². The van der Waals surface area contributed by atoms with Gasteiger partial charge in [0.1, 0.15) is 5.82 Å². The second kappa shape index (κ2) is 7.89. The molecule has 19 heavy (non-hydrogen) atoms. The van der Waals surface area contributed by atoms with Crippen molar-refractivity contribution < 1.29 is 9.18 Å². The predicted octanol–water partition coefficient (Wildman–Crippen LogP) is 2.84. The van der Waals surface area contributed by atoms with Crippen LogP contribution >= 0.6 is 0 Å². The lowest BCUT2D eigenvalue weighted by Crippen LogP contribution is -2.17. The molecule has 3 N–H and O–H groups in total. The third-order valence-electron chi connectivity index (χ3n) is 3.03. The Bertz CT molecular complexity index is 419. The van der Waals surface area contributed by atoms with E-state index in [1.165, 1.54) is 31.0 Å². The van der Waals surface area contributed by atoms with E-state index in [0.29, 0.717) is 17.7 Å². The minimum atomic E-state index is -0.529. The molecule has 0 aromatic heterocycles. The first-order chi connectivity index (χ1) is 9.00. The average molecular weight is 266 g/mol. The zero-order chi connectivity index (χ0) is 14.3. The van der Waals surface area contributed by atoms with E-state index in [4.69, 9.17) is 5.73 Å². The number of nitrogens with one attached hydrogen (secondary N) is 1. The lowest BCUT2D eigenvalue weighted by Gasteiger charge is -2.08. The number of carbonyl (C=O) groups excluding carboxylic acids is 1. The fourth-order valence-corrected chi connectivity index (χ4v) is 1.89. The second-order valence-electron chi connectivity index (χ2n) is 5.24. The molecule has 4 heteroatoms. The summed E-state index contributed by atoms with van der Waals surface area (Å²) in [6.45, 7) is 5.69. The Morgan fingerprint density at radius 1 is 1.37 bits per heavy atom. The van der Waals surface area contributed by atoms with E-state index in [-0.39, 0.29) is 5.82 Å². The Kier molecular flexibility index (Phi) is 6.50. The van der Waals surface area contributed by atoms with Crippen LogP contribution in [0.5, 0.6) is 0 Å². The SMILES string of the molecule is CC(C)CCCCNCc1cc(C(N)=O)ccc1F. The smallest absolute Gasteiger partial charge is 0.248 e. The van der Waals surface area contributed by atoms with Gasteiger partial charge in [-0.05, 0) is 37.1 Å². The average Bonchev–Trinajstić information content (AvgIpc) is 2.34. The highest BCUT2D eigenvalue weighted by Crippen LogP contribution is 2.10. The zero-order valence-corrected chi connectivity index (χ0v) is 11.7. The van der Waals surface area contributed by atoms with Crippen molar-refractivity contribution in [2.75, 3.05) is 6.54 Å². The Morgan fingerprint density at radius 3 is 2.74 bits per heavy atom. The standard InChI is InChI=1S/C15H23FN2O/c1-11(2)5-3-4-8-18-10-13-9-12(15(17)19)6-7-14(13)16/h6-7,9,11,18H,3-5,8,10H2,1-2H3,(H2,17,19). The van der Waals surface area contributed by atoms with E-state index in [9.17, 15) is 9.18 Å². The van der Waals surface area contributed by atoms with Crippen LogP contribution in [0.1, 0.15) is 49.0 Å². The summed E-state index contributed by atoms with van der Waals surface area (Å²) < 4.78 is 13.5. The van der Waals surface area contributed by atoms with Gasteiger partial charge in [0.05, 0.1) is 0 Å². The van der Waals surface area contributed by atoms with Gasteiger partial charge in [-0.15, -0.1) is 0 Å². The molecule has 106 valence electrons. The summed E-state index contributed by atoms with van der Waals surface area (Å²) in [7, 11) is 0. The number of unbranched alkanes of at least 4 members (excludes halogenated alkanes) is 1. The van der Waals surface area contributed by atoms with E-state index < -0.39 is 5.91 Å². The Morgan fingerprint density at radius 2 is 2.11 bits per heavy atom. The highest BCUT2D eigenvalue weighted by molar-refractivity contribution is 5.92. The molecule has 0 fully saturated rings. The second-order valence-corrected chi connectivity index (χ2v) is 5.24. The van der Waals surface area contributed by atoms with Crippen molar-refractivity contribution in [1.82, 2.24) is 5.32 Å². The molecule has 1 rings (SSSR count). The van der Waals surface area contributed by atoms with E-state index in [1.807, 2.05) is 0 Å². The normalized spacial score (nSPS) is 10.9. The first kappa shape index (κ1) is 15.6. The van der Waals surface area contributed by atoms with E-state index in [2.05, 4.69) is 19.2 Å². The van der Waals surface area contributed by atoms with Crippen molar-refractivity contribution in [3.8, 4) is 0 Å². The van der Waals surface area contributed by atoms with Crippen LogP contribution in [0, 0.1) is 11.7 Å². The molecule has 0 saturated heterocycles. The maximum absolute atomic E-state index is 13.5. The molecule has 0 aliphatic heterocycles. The van der Waals surface area contributed by atoms with Crippen LogP contribution in [-0.2, 0) is 6.54 Å². The predicted molar refractivity (Wildman–Crippen MR) is 75.3 cm³/mol. The molecule has 0 aliphatic rings.